The predicted molar refractivity (Wildman–Crippen MR) is 115 cm³/mol. The number of rotatable bonds is 4. The summed E-state index contributed by atoms with van der Waals surface area (Å²) >= 11 is 0. The fourth-order valence-electron chi connectivity index (χ4n) is 4.10. The molecule has 31 heavy (non-hydrogen) atoms. The molecule has 1 aliphatic rings. The summed E-state index contributed by atoms with van der Waals surface area (Å²) in [6, 6.07) is 16.8. The molecule has 1 heterocycles. The maximum absolute atomic E-state index is 13.3. The molecule has 0 radical (unpaired) electrons. The number of imide groups is 1. The van der Waals surface area contributed by atoms with Gasteiger partial charge in [-0.05, 0) is 31.9 Å². The first kappa shape index (κ1) is 22.3. The summed E-state index contributed by atoms with van der Waals surface area (Å²) < 4.78 is 10.6. The van der Waals surface area contributed by atoms with E-state index in [0.29, 0.717) is 0 Å². The van der Waals surface area contributed by atoms with Crippen molar-refractivity contribution in [1.29, 1.82) is 0 Å². The third-order valence-corrected chi connectivity index (χ3v) is 5.40. The van der Waals surface area contributed by atoms with Crippen molar-refractivity contribution in [2.24, 2.45) is 0 Å². The highest BCUT2D eigenvalue weighted by Crippen LogP contribution is 2.40. The highest BCUT2D eigenvalue weighted by Gasteiger charge is 2.46. The molecule has 2 aromatic rings. The SMILES string of the molecule is CCOC(=O)N1C(=O)C[C@@H](c2ccccc2)N(C(=O)OCC)[C@@H](c2ccccc2)[C@@H]1C. The monoisotopic (exact) mass is 424 g/mol. The van der Waals surface area contributed by atoms with E-state index in [9.17, 15) is 14.4 Å². The van der Waals surface area contributed by atoms with Gasteiger partial charge in [0.05, 0.1) is 37.8 Å². The van der Waals surface area contributed by atoms with E-state index in [1.165, 1.54) is 0 Å². The fraction of sp³-hybridized carbons (Fsp3) is 0.375. The first-order valence-electron chi connectivity index (χ1n) is 10.5. The van der Waals surface area contributed by atoms with Gasteiger partial charge in [-0.15, -0.1) is 0 Å². The van der Waals surface area contributed by atoms with Gasteiger partial charge in [0.2, 0.25) is 5.91 Å². The summed E-state index contributed by atoms with van der Waals surface area (Å²) in [4.78, 5) is 42.0. The molecule has 0 aromatic heterocycles. The Morgan fingerprint density at radius 1 is 0.871 bits per heavy atom. The zero-order chi connectivity index (χ0) is 22.4. The van der Waals surface area contributed by atoms with Crippen LogP contribution >= 0.6 is 0 Å². The molecule has 0 bridgehead atoms. The molecule has 0 N–H and O–H groups in total. The van der Waals surface area contributed by atoms with Crippen LogP contribution in [-0.4, -0.2) is 47.1 Å². The molecule has 1 aliphatic heterocycles. The molecule has 1 fully saturated rings. The highest BCUT2D eigenvalue weighted by molar-refractivity contribution is 5.93. The Balaban J connectivity index is 2.19. The predicted octanol–water partition coefficient (Wildman–Crippen LogP) is 4.70. The van der Waals surface area contributed by atoms with Crippen LogP contribution in [0.2, 0.25) is 0 Å². The summed E-state index contributed by atoms with van der Waals surface area (Å²) in [7, 11) is 0. The minimum atomic E-state index is -0.710. The van der Waals surface area contributed by atoms with Crippen LogP contribution in [0.15, 0.2) is 60.7 Å². The van der Waals surface area contributed by atoms with Gasteiger partial charge in [0.1, 0.15) is 0 Å². The third kappa shape index (κ3) is 4.71. The second-order valence-electron chi connectivity index (χ2n) is 7.30. The lowest BCUT2D eigenvalue weighted by Gasteiger charge is -2.39. The average molecular weight is 424 g/mol. The summed E-state index contributed by atoms with van der Waals surface area (Å²) in [5.74, 6) is -0.396. The Labute approximate surface area is 182 Å². The molecular weight excluding hydrogens is 396 g/mol. The van der Waals surface area contributed by atoms with Gasteiger partial charge in [-0.2, -0.15) is 0 Å². The van der Waals surface area contributed by atoms with Gasteiger partial charge in [-0.1, -0.05) is 60.7 Å². The quantitative estimate of drug-likeness (QED) is 0.711. The van der Waals surface area contributed by atoms with E-state index >= 15 is 0 Å². The van der Waals surface area contributed by atoms with Crippen LogP contribution in [-0.2, 0) is 14.3 Å². The Morgan fingerprint density at radius 3 is 1.94 bits per heavy atom. The molecule has 0 unspecified atom stereocenters. The molecule has 2 aromatic carbocycles. The van der Waals surface area contributed by atoms with Crippen molar-refractivity contribution >= 4 is 18.1 Å². The summed E-state index contributed by atoms with van der Waals surface area (Å²) in [5, 5.41) is 0. The van der Waals surface area contributed by atoms with E-state index in [4.69, 9.17) is 9.47 Å². The summed E-state index contributed by atoms with van der Waals surface area (Å²) in [6.07, 6.45) is -1.30. The van der Waals surface area contributed by atoms with Crippen LogP contribution in [0.5, 0.6) is 0 Å². The normalized spacial score (nSPS) is 21.4. The standard InChI is InChI=1S/C24H28N2O5/c1-4-30-23(28)25-17(3)22(19-14-10-7-11-15-19)26(24(29)31-5-2)20(16-21(25)27)18-12-8-6-9-13-18/h6-15,17,20,22H,4-5,16H2,1-3H3/t17-,20-,22+/m0/s1. The Morgan fingerprint density at radius 2 is 1.39 bits per heavy atom. The van der Waals surface area contributed by atoms with Crippen LogP contribution in [0.3, 0.4) is 0 Å². The van der Waals surface area contributed by atoms with Crippen molar-refractivity contribution in [3.63, 3.8) is 0 Å². The lowest BCUT2D eigenvalue weighted by Crippen LogP contribution is -2.48. The van der Waals surface area contributed by atoms with E-state index in [2.05, 4.69) is 0 Å². The van der Waals surface area contributed by atoms with Crippen molar-refractivity contribution in [3.8, 4) is 0 Å². The largest absolute Gasteiger partial charge is 0.450 e. The van der Waals surface area contributed by atoms with Crippen molar-refractivity contribution in [3.05, 3.63) is 71.8 Å². The van der Waals surface area contributed by atoms with Gasteiger partial charge in [-0.25, -0.2) is 14.5 Å². The fourth-order valence-corrected chi connectivity index (χ4v) is 4.10. The summed E-state index contributed by atoms with van der Waals surface area (Å²) in [5.41, 5.74) is 1.59. The molecule has 0 aliphatic carbocycles. The summed E-state index contributed by atoms with van der Waals surface area (Å²) in [6.45, 7) is 5.53. The molecular formula is C24H28N2O5. The number of ether oxygens (including phenoxy) is 2. The second-order valence-corrected chi connectivity index (χ2v) is 7.30. The number of nitrogens with zero attached hydrogens (tertiary/aromatic N) is 2. The molecule has 0 saturated carbocycles. The van der Waals surface area contributed by atoms with Gasteiger partial charge < -0.3 is 9.47 Å². The first-order chi connectivity index (χ1) is 15.0. The average Bonchev–Trinajstić information content (AvgIpc) is 2.89. The number of hydrogen-bond donors (Lipinski definition) is 0. The number of carbonyl (C=O) groups is 3. The van der Waals surface area contributed by atoms with Crippen LogP contribution in [0.1, 0.15) is 50.4 Å². The van der Waals surface area contributed by atoms with E-state index in [1.54, 1.807) is 25.7 Å². The Kier molecular flexibility index (Phi) is 7.28. The van der Waals surface area contributed by atoms with Crippen LogP contribution < -0.4 is 0 Å². The van der Waals surface area contributed by atoms with E-state index < -0.39 is 36.2 Å². The Hall–Kier alpha value is -3.35. The van der Waals surface area contributed by atoms with Gasteiger partial charge in [0, 0.05) is 0 Å². The molecule has 3 rings (SSSR count). The van der Waals surface area contributed by atoms with Crippen LogP contribution in [0.25, 0.3) is 0 Å². The molecule has 0 spiro atoms. The zero-order valence-corrected chi connectivity index (χ0v) is 18.1. The zero-order valence-electron chi connectivity index (χ0n) is 18.1. The van der Waals surface area contributed by atoms with Gasteiger partial charge in [0.15, 0.2) is 0 Å². The van der Waals surface area contributed by atoms with Gasteiger partial charge in [0.25, 0.3) is 0 Å². The Bertz CT molecular complexity index is 903. The lowest BCUT2D eigenvalue weighted by molar-refractivity contribution is -0.130. The van der Waals surface area contributed by atoms with E-state index in [-0.39, 0.29) is 19.6 Å². The molecule has 1 saturated heterocycles. The van der Waals surface area contributed by atoms with Crippen LogP contribution in [0.4, 0.5) is 9.59 Å². The minimum Gasteiger partial charge on any atom is -0.450 e. The smallest absolute Gasteiger partial charge is 0.416 e. The second kappa shape index (κ2) is 10.1. The number of amides is 3. The number of hydrogen-bond acceptors (Lipinski definition) is 5. The highest BCUT2D eigenvalue weighted by atomic mass is 16.6. The molecule has 3 atom stereocenters. The maximum atomic E-state index is 13.3. The van der Waals surface area contributed by atoms with Crippen molar-refractivity contribution in [2.45, 2.75) is 45.3 Å². The van der Waals surface area contributed by atoms with Crippen molar-refractivity contribution in [2.75, 3.05) is 13.2 Å². The van der Waals surface area contributed by atoms with Crippen molar-refractivity contribution in [1.82, 2.24) is 9.80 Å². The number of benzene rings is 2. The topological polar surface area (TPSA) is 76.2 Å². The van der Waals surface area contributed by atoms with Gasteiger partial charge >= 0.3 is 12.2 Å². The number of carbonyl (C=O) groups excluding carboxylic acids is 3. The minimum absolute atomic E-state index is 0.0602. The maximum Gasteiger partial charge on any atom is 0.416 e. The van der Waals surface area contributed by atoms with Gasteiger partial charge in [-0.3, -0.25) is 9.69 Å². The molecule has 164 valence electrons. The van der Waals surface area contributed by atoms with E-state index in [1.807, 2.05) is 60.7 Å². The first-order valence-corrected chi connectivity index (χ1v) is 10.5. The molecule has 3 amide bonds. The van der Waals surface area contributed by atoms with Crippen molar-refractivity contribution < 1.29 is 23.9 Å². The molecule has 7 heteroatoms. The lowest BCUT2D eigenvalue weighted by atomic mass is 9.95. The third-order valence-electron chi connectivity index (χ3n) is 5.40. The van der Waals surface area contributed by atoms with Crippen LogP contribution in [0, 0.1) is 0 Å². The molecule has 7 nitrogen and oxygen atoms in total. The van der Waals surface area contributed by atoms with E-state index in [0.717, 1.165) is 16.0 Å².